The summed E-state index contributed by atoms with van der Waals surface area (Å²) in [5, 5.41) is 11.5. The molecule has 0 bridgehead atoms. The van der Waals surface area contributed by atoms with Crippen molar-refractivity contribution in [2.24, 2.45) is 5.41 Å². The van der Waals surface area contributed by atoms with Crippen LogP contribution in [-0.4, -0.2) is 23.1 Å². The smallest absolute Gasteiger partial charge is 0.122 e. The van der Waals surface area contributed by atoms with E-state index in [0.29, 0.717) is 6.61 Å². The summed E-state index contributed by atoms with van der Waals surface area (Å²) in [7, 11) is 0. The summed E-state index contributed by atoms with van der Waals surface area (Å²) >= 11 is 0. The Morgan fingerprint density at radius 3 is 2.31 bits per heavy atom. The predicted molar refractivity (Wildman–Crippen MR) is 62.1 cm³/mol. The number of aromatic nitrogens is 1. The molecule has 0 amide bonds. The number of hydrogen-bond acceptors (Lipinski definition) is 2. The summed E-state index contributed by atoms with van der Waals surface area (Å²) in [6.45, 7) is 0.832. The minimum Gasteiger partial charge on any atom is -0.414 e. The molecule has 3 heteroatoms. The van der Waals surface area contributed by atoms with Crippen LogP contribution in [0.3, 0.4) is 0 Å². The van der Waals surface area contributed by atoms with Crippen molar-refractivity contribution in [1.29, 1.82) is 0 Å². The Kier molecular flexibility index (Phi) is 2.14. The van der Waals surface area contributed by atoms with Crippen LogP contribution in [0.1, 0.15) is 12.8 Å². The van der Waals surface area contributed by atoms with Crippen molar-refractivity contribution < 1.29 is 9.94 Å². The van der Waals surface area contributed by atoms with Gasteiger partial charge in [0.25, 0.3) is 0 Å². The minimum atomic E-state index is 0.0381. The second-order valence-electron chi connectivity index (χ2n) is 4.68. The van der Waals surface area contributed by atoms with Gasteiger partial charge in [-0.25, -0.2) is 0 Å². The normalized spacial score (nSPS) is 17.6. The lowest BCUT2D eigenvalue weighted by Crippen LogP contribution is -2.22. The van der Waals surface area contributed by atoms with Gasteiger partial charge in [-0.2, -0.15) is 4.73 Å². The third kappa shape index (κ3) is 1.67. The molecule has 1 aromatic carbocycles. The van der Waals surface area contributed by atoms with Gasteiger partial charge in [0.1, 0.15) is 6.61 Å². The molecule has 0 unspecified atom stereocenters. The summed E-state index contributed by atoms with van der Waals surface area (Å²) in [4.78, 5) is 5.67. The number of nitrogens with zero attached hydrogens (tertiary/aromatic N) is 1. The predicted octanol–water partition coefficient (Wildman–Crippen LogP) is 1.84. The topological polar surface area (TPSA) is 34.4 Å². The van der Waals surface area contributed by atoms with Gasteiger partial charge >= 0.3 is 0 Å². The Morgan fingerprint density at radius 1 is 1.19 bits per heavy atom. The molecule has 1 aliphatic rings. The van der Waals surface area contributed by atoms with E-state index in [9.17, 15) is 5.11 Å². The van der Waals surface area contributed by atoms with E-state index in [4.69, 9.17) is 4.84 Å². The third-order valence-corrected chi connectivity index (χ3v) is 3.34. The fourth-order valence-electron chi connectivity index (χ4n) is 1.87. The van der Waals surface area contributed by atoms with Gasteiger partial charge in [-0.3, -0.25) is 0 Å². The molecular weight excluding hydrogens is 202 g/mol. The number of aliphatic hydroxyl groups is 1. The van der Waals surface area contributed by atoms with Gasteiger partial charge in [-0.15, -0.1) is 0 Å². The Morgan fingerprint density at radius 2 is 1.81 bits per heavy atom. The maximum atomic E-state index is 9.19. The summed E-state index contributed by atoms with van der Waals surface area (Å²) in [6, 6.07) is 8.16. The van der Waals surface area contributed by atoms with Crippen LogP contribution in [-0.2, 0) is 0 Å². The molecule has 1 aliphatic carbocycles. The van der Waals surface area contributed by atoms with E-state index in [-0.39, 0.29) is 12.0 Å². The van der Waals surface area contributed by atoms with E-state index in [0.717, 1.165) is 12.8 Å². The fraction of sp³-hybridized carbons (Fsp3) is 0.385. The summed E-state index contributed by atoms with van der Waals surface area (Å²) in [5.41, 5.74) is 0.0381. The van der Waals surface area contributed by atoms with Crippen LogP contribution >= 0.6 is 0 Å². The van der Waals surface area contributed by atoms with Crippen molar-refractivity contribution in [3.8, 4) is 0 Å². The Bertz CT molecular complexity index is 466. The molecular formula is C13H15NO2. The average molecular weight is 217 g/mol. The van der Waals surface area contributed by atoms with Crippen molar-refractivity contribution in [1.82, 2.24) is 4.73 Å². The number of aliphatic hydroxyl groups excluding tert-OH is 1. The van der Waals surface area contributed by atoms with Gasteiger partial charge in [0.05, 0.1) is 19.0 Å². The van der Waals surface area contributed by atoms with Crippen LogP contribution in [0, 0.1) is 5.41 Å². The average Bonchev–Trinajstić information content (AvgIpc) is 2.98. The van der Waals surface area contributed by atoms with Crippen molar-refractivity contribution in [3.05, 3.63) is 36.7 Å². The van der Waals surface area contributed by atoms with E-state index < -0.39 is 0 Å². The van der Waals surface area contributed by atoms with Gasteiger partial charge in [-0.1, -0.05) is 24.3 Å². The minimum absolute atomic E-state index is 0.0381. The zero-order valence-corrected chi connectivity index (χ0v) is 9.10. The number of hydrogen-bond donors (Lipinski definition) is 1. The van der Waals surface area contributed by atoms with Crippen LogP contribution in [0.4, 0.5) is 0 Å². The lowest BCUT2D eigenvalue weighted by Gasteiger charge is -2.12. The summed E-state index contributed by atoms with van der Waals surface area (Å²) in [5.74, 6) is 0. The molecule has 0 atom stereocenters. The van der Waals surface area contributed by atoms with Gasteiger partial charge < -0.3 is 9.94 Å². The zero-order valence-electron chi connectivity index (χ0n) is 9.10. The van der Waals surface area contributed by atoms with Crippen LogP contribution in [0.25, 0.3) is 10.8 Å². The lowest BCUT2D eigenvalue weighted by molar-refractivity contribution is 0.0489. The van der Waals surface area contributed by atoms with Crippen molar-refractivity contribution in [3.63, 3.8) is 0 Å². The first-order valence-electron chi connectivity index (χ1n) is 5.62. The molecule has 3 rings (SSSR count). The van der Waals surface area contributed by atoms with E-state index in [1.807, 2.05) is 24.5 Å². The second-order valence-corrected chi connectivity index (χ2v) is 4.68. The molecule has 16 heavy (non-hydrogen) atoms. The maximum Gasteiger partial charge on any atom is 0.122 e. The SMILES string of the molecule is OCC1(COn2cc3ccccc3c2)CC1. The molecule has 1 saturated carbocycles. The molecule has 3 nitrogen and oxygen atoms in total. The van der Waals surface area contributed by atoms with Gasteiger partial charge in [0, 0.05) is 16.2 Å². The molecule has 0 saturated heterocycles. The molecule has 0 spiro atoms. The molecule has 1 fully saturated rings. The van der Waals surface area contributed by atoms with E-state index in [2.05, 4.69) is 12.1 Å². The molecule has 84 valence electrons. The van der Waals surface area contributed by atoms with Crippen molar-refractivity contribution in [2.75, 3.05) is 13.2 Å². The highest BCUT2D eigenvalue weighted by Crippen LogP contribution is 2.44. The first-order valence-corrected chi connectivity index (χ1v) is 5.62. The monoisotopic (exact) mass is 217 g/mol. The quantitative estimate of drug-likeness (QED) is 0.848. The largest absolute Gasteiger partial charge is 0.414 e. The number of benzene rings is 1. The first kappa shape index (κ1) is 9.73. The highest BCUT2D eigenvalue weighted by molar-refractivity contribution is 5.81. The van der Waals surface area contributed by atoms with Crippen molar-refractivity contribution in [2.45, 2.75) is 12.8 Å². The van der Waals surface area contributed by atoms with Gasteiger partial charge in [-0.05, 0) is 12.8 Å². The standard InChI is InChI=1S/C13H15NO2/c15-9-13(5-6-13)10-16-14-7-11-3-1-2-4-12(11)8-14/h1-4,7-8,15H,5-6,9-10H2. The molecule has 1 N–H and O–H groups in total. The van der Waals surface area contributed by atoms with E-state index in [1.54, 1.807) is 4.73 Å². The number of rotatable bonds is 4. The summed E-state index contributed by atoms with van der Waals surface area (Å²) in [6.07, 6.45) is 6.10. The van der Waals surface area contributed by atoms with Crippen LogP contribution < -0.4 is 4.84 Å². The molecule has 1 heterocycles. The highest BCUT2D eigenvalue weighted by atomic mass is 16.7. The van der Waals surface area contributed by atoms with Crippen LogP contribution in [0.2, 0.25) is 0 Å². The van der Waals surface area contributed by atoms with E-state index in [1.165, 1.54) is 10.8 Å². The lowest BCUT2D eigenvalue weighted by atomic mass is 10.1. The van der Waals surface area contributed by atoms with Crippen LogP contribution in [0.15, 0.2) is 36.7 Å². The zero-order chi connectivity index (χ0) is 11.0. The Hall–Kier alpha value is -1.48. The first-order chi connectivity index (χ1) is 7.81. The summed E-state index contributed by atoms with van der Waals surface area (Å²) < 4.78 is 1.75. The fourth-order valence-corrected chi connectivity index (χ4v) is 1.87. The van der Waals surface area contributed by atoms with E-state index >= 15 is 0 Å². The second kappa shape index (κ2) is 3.52. The highest BCUT2D eigenvalue weighted by Gasteiger charge is 2.43. The molecule has 1 aromatic heterocycles. The molecule has 2 aromatic rings. The van der Waals surface area contributed by atoms with Gasteiger partial charge in [0.2, 0.25) is 0 Å². The maximum absolute atomic E-state index is 9.19. The Balaban J connectivity index is 1.74. The third-order valence-electron chi connectivity index (χ3n) is 3.34. The Labute approximate surface area is 94.2 Å². The van der Waals surface area contributed by atoms with Gasteiger partial charge in [0.15, 0.2) is 0 Å². The number of fused-ring (bicyclic) bond motifs is 1. The molecule has 0 radical (unpaired) electrons. The molecule has 0 aliphatic heterocycles. The van der Waals surface area contributed by atoms with Crippen molar-refractivity contribution >= 4 is 10.8 Å². The van der Waals surface area contributed by atoms with Crippen LogP contribution in [0.5, 0.6) is 0 Å².